The highest BCUT2D eigenvalue weighted by Crippen LogP contribution is 2.15. The lowest BCUT2D eigenvalue weighted by atomic mass is 9.96. The standard InChI is InChI=1S/C6H8O7.C5H11NO2/c7-3(8)1-6(13,5(11)12)2-4(9)10;1-6(2,3)4-5(7)8/h13H,1-2H2,(H,7,8)(H,9,10)(H,11,12);4H2,1-3H3/p+1. The molecule has 0 bridgehead atoms. The Kier molecular flexibility index (Phi) is 8.21. The molecular formula is C11H20NO9+. The van der Waals surface area contributed by atoms with Gasteiger partial charge in [-0.15, -0.1) is 0 Å². The third kappa shape index (κ3) is 12.6. The van der Waals surface area contributed by atoms with Crippen molar-refractivity contribution >= 4 is 23.9 Å². The summed E-state index contributed by atoms with van der Waals surface area (Å²) < 4.78 is 0.481. The van der Waals surface area contributed by atoms with E-state index in [2.05, 4.69) is 0 Å². The van der Waals surface area contributed by atoms with E-state index in [-0.39, 0.29) is 6.54 Å². The number of quaternary nitrogens is 1. The van der Waals surface area contributed by atoms with Crippen molar-refractivity contribution in [1.29, 1.82) is 0 Å². The van der Waals surface area contributed by atoms with Crippen molar-refractivity contribution < 1.29 is 49.2 Å². The number of carbonyl (C=O) groups is 4. The van der Waals surface area contributed by atoms with Crippen molar-refractivity contribution in [1.82, 2.24) is 0 Å². The van der Waals surface area contributed by atoms with Gasteiger partial charge in [0.05, 0.1) is 34.0 Å². The number of likely N-dealkylation sites (N-methyl/N-ethyl adjacent to an activating group) is 1. The van der Waals surface area contributed by atoms with Gasteiger partial charge >= 0.3 is 23.9 Å². The molecule has 0 fully saturated rings. The molecule has 0 unspecified atom stereocenters. The van der Waals surface area contributed by atoms with Crippen LogP contribution in [0.2, 0.25) is 0 Å². The molecule has 0 amide bonds. The van der Waals surface area contributed by atoms with E-state index in [1.807, 2.05) is 21.1 Å². The summed E-state index contributed by atoms with van der Waals surface area (Å²) >= 11 is 0. The van der Waals surface area contributed by atoms with Crippen molar-refractivity contribution in [3.8, 4) is 0 Å². The number of aliphatic carboxylic acids is 4. The Morgan fingerprint density at radius 1 is 0.810 bits per heavy atom. The lowest BCUT2D eigenvalue weighted by Crippen LogP contribution is -2.42. The second kappa shape index (κ2) is 8.17. The lowest BCUT2D eigenvalue weighted by molar-refractivity contribution is -0.862. The minimum atomic E-state index is -2.74. The maximum absolute atomic E-state index is 10.3. The van der Waals surface area contributed by atoms with Crippen LogP contribution >= 0.6 is 0 Å². The summed E-state index contributed by atoms with van der Waals surface area (Å²) in [5, 5.41) is 42.0. The fraction of sp³-hybridized carbons (Fsp3) is 0.636. The molecule has 0 aliphatic carbocycles. The molecule has 0 aromatic carbocycles. The minimum Gasteiger partial charge on any atom is -0.481 e. The predicted molar refractivity (Wildman–Crippen MR) is 67.6 cm³/mol. The first-order valence-electron chi connectivity index (χ1n) is 5.61. The Balaban J connectivity index is 0. The number of nitrogens with zero attached hydrogens (tertiary/aromatic N) is 1. The molecule has 0 aromatic heterocycles. The normalized spacial score (nSPS) is 11.0. The molecule has 5 N–H and O–H groups in total. The van der Waals surface area contributed by atoms with Crippen LogP contribution in [-0.4, -0.2) is 87.2 Å². The first-order chi connectivity index (χ1) is 9.19. The summed E-state index contributed by atoms with van der Waals surface area (Å²) in [4.78, 5) is 40.5. The predicted octanol–water partition coefficient (Wildman–Crippen LogP) is -1.47. The highest BCUT2D eigenvalue weighted by molar-refractivity contribution is 5.88. The van der Waals surface area contributed by atoms with E-state index < -0.39 is 42.3 Å². The molecule has 21 heavy (non-hydrogen) atoms. The molecule has 0 aliphatic rings. The maximum atomic E-state index is 10.3. The summed E-state index contributed by atoms with van der Waals surface area (Å²) in [6, 6.07) is 0. The number of carboxylic acids is 4. The highest BCUT2D eigenvalue weighted by Gasteiger charge is 2.40. The van der Waals surface area contributed by atoms with Gasteiger partial charge < -0.3 is 30.0 Å². The first-order valence-corrected chi connectivity index (χ1v) is 5.61. The Bertz CT molecular complexity index is 394. The monoisotopic (exact) mass is 310 g/mol. The summed E-state index contributed by atoms with van der Waals surface area (Å²) in [6.45, 7) is 0.181. The molecule has 0 atom stereocenters. The maximum Gasteiger partial charge on any atom is 0.359 e. The van der Waals surface area contributed by atoms with Gasteiger partial charge in [0.15, 0.2) is 12.1 Å². The van der Waals surface area contributed by atoms with Gasteiger partial charge in [-0.25, -0.2) is 9.59 Å². The fourth-order valence-electron chi connectivity index (χ4n) is 1.12. The molecule has 0 saturated heterocycles. The van der Waals surface area contributed by atoms with E-state index in [0.29, 0.717) is 4.48 Å². The van der Waals surface area contributed by atoms with Gasteiger partial charge in [0, 0.05) is 0 Å². The van der Waals surface area contributed by atoms with Gasteiger partial charge in [-0.1, -0.05) is 0 Å². The Hall–Kier alpha value is -2.20. The average Bonchev–Trinajstić information content (AvgIpc) is 2.10. The number of aliphatic hydroxyl groups is 1. The molecule has 0 rings (SSSR count). The zero-order chi connectivity index (χ0) is 17.4. The quantitative estimate of drug-likeness (QED) is 0.352. The molecule has 0 saturated carbocycles. The van der Waals surface area contributed by atoms with Gasteiger partial charge in [0.1, 0.15) is 0 Å². The molecule has 0 aromatic rings. The summed E-state index contributed by atoms with van der Waals surface area (Å²) in [5.74, 6) is -5.77. The molecule has 0 heterocycles. The SMILES string of the molecule is C[N+](C)(C)CC(=O)O.O=C(O)CC(O)(CC(=O)O)C(=O)O. The molecule has 10 nitrogen and oxygen atoms in total. The van der Waals surface area contributed by atoms with Crippen LogP contribution in [0.4, 0.5) is 0 Å². The van der Waals surface area contributed by atoms with Gasteiger partial charge in [0.2, 0.25) is 0 Å². The second-order valence-electron chi connectivity index (χ2n) is 5.32. The van der Waals surface area contributed by atoms with Crippen molar-refractivity contribution in [2.45, 2.75) is 18.4 Å². The molecule has 0 spiro atoms. The van der Waals surface area contributed by atoms with Crippen LogP contribution in [0.15, 0.2) is 0 Å². The van der Waals surface area contributed by atoms with Crippen LogP contribution in [0.5, 0.6) is 0 Å². The van der Waals surface area contributed by atoms with Crippen LogP contribution in [0, 0.1) is 0 Å². The van der Waals surface area contributed by atoms with Crippen LogP contribution < -0.4 is 0 Å². The zero-order valence-electron chi connectivity index (χ0n) is 11.9. The Labute approximate surface area is 120 Å². The van der Waals surface area contributed by atoms with E-state index in [9.17, 15) is 19.2 Å². The summed E-state index contributed by atoms with van der Waals surface area (Å²) in [6.07, 6.45) is -2.29. The number of rotatable bonds is 7. The van der Waals surface area contributed by atoms with Gasteiger partial charge in [-0.05, 0) is 0 Å². The average molecular weight is 310 g/mol. The van der Waals surface area contributed by atoms with Crippen molar-refractivity contribution in [2.24, 2.45) is 0 Å². The van der Waals surface area contributed by atoms with E-state index in [0.717, 1.165) is 0 Å². The Morgan fingerprint density at radius 3 is 1.24 bits per heavy atom. The van der Waals surface area contributed by atoms with Crippen LogP contribution in [-0.2, 0) is 19.2 Å². The number of hydrogen-bond acceptors (Lipinski definition) is 5. The van der Waals surface area contributed by atoms with Crippen LogP contribution in [0.1, 0.15) is 12.8 Å². The first kappa shape index (κ1) is 21.1. The summed E-state index contributed by atoms with van der Waals surface area (Å²) in [5.41, 5.74) is -2.74. The van der Waals surface area contributed by atoms with E-state index in [1.165, 1.54) is 0 Å². The smallest absolute Gasteiger partial charge is 0.359 e. The Morgan fingerprint density at radius 2 is 1.14 bits per heavy atom. The second-order valence-corrected chi connectivity index (χ2v) is 5.32. The molecule has 122 valence electrons. The van der Waals surface area contributed by atoms with E-state index in [1.54, 1.807) is 0 Å². The minimum absolute atomic E-state index is 0.181. The number of carboxylic acid groups (broad SMARTS) is 4. The van der Waals surface area contributed by atoms with E-state index in [4.69, 9.17) is 25.5 Å². The van der Waals surface area contributed by atoms with Gasteiger partial charge in [0.25, 0.3) is 0 Å². The zero-order valence-corrected chi connectivity index (χ0v) is 11.9. The molecule has 0 radical (unpaired) electrons. The van der Waals surface area contributed by atoms with Gasteiger partial charge in [-0.2, -0.15) is 0 Å². The van der Waals surface area contributed by atoms with E-state index >= 15 is 0 Å². The largest absolute Gasteiger partial charge is 0.481 e. The molecular weight excluding hydrogens is 290 g/mol. The summed E-state index contributed by atoms with van der Waals surface area (Å²) in [7, 11) is 5.52. The highest BCUT2D eigenvalue weighted by atomic mass is 16.4. The van der Waals surface area contributed by atoms with Crippen molar-refractivity contribution in [3.05, 3.63) is 0 Å². The van der Waals surface area contributed by atoms with Gasteiger partial charge in [-0.3, -0.25) is 9.59 Å². The van der Waals surface area contributed by atoms with Crippen LogP contribution in [0.3, 0.4) is 0 Å². The van der Waals surface area contributed by atoms with Crippen LogP contribution in [0.25, 0.3) is 0 Å². The third-order valence-corrected chi connectivity index (χ3v) is 1.90. The fourth-order valence-corrected chi connectivity index (χ4v) is 1.12. The topological polar surface area (TPSA) is 169 Å². The lowest BCUT2D eigenvalue weighted by Gasteiger charge is -2.20. The van der Waals surface area contributed by atoms with Crippen molar-refractivity contribution in [2.75, 3.05) is 27.7 Å². The van der Waals surface area contributed by atoms with Crippen molar-refractivity contribution in [3.63, 3.8) is 0 Å². The third-order valence-electron chi connectivity index (χ3n) is 1.90. The number of hydrogen-bond donors (Lipinski definition) is 5. The molecule has 0 aliphatic heterocycles. The molecule has 10 heteroatoms.